The SMILES string of the molecule is CC(C)C(C)(O)CNC(=O)c1ccnc(Br)c1. The molecule has 17 heavy (non-hydrogen) atoms. The fourth-order valence-corrected chi connectivity index (χ4v) is 1.47. The second kappa shape index (κ2) is 5.60. The summed E-state index contributed by atoms with van der Waals surface area (Å²) in [5, 5.41) is 12.7. The third-order valence-electron chi connectivity index (χ3n) is 2.84. The van der Waals surface area contributed by atoms with E-state index < -0.39 is 5.60 Å². The van der Waals surface area contributed by atoms with Gasteiger partial charge >= 0.3 is 0 Å². The predicted octanol–water partition coefficient (Wildman–Crippen LogP) is 1.98. The van der Waals surface area contributed by atoms with Crippen LogP contribution in [0.3, 0.4) is 0 Å². The van der Waals surface area contributed by atoms with E-state index in [0.29, 0.717) is 10.2 Å². The van der Waals surface area contributed by atoms with E-state index in [4.69, 9.17) is 0 Å². The van der Waals surface area contributed by atoms with Gasteiger partial charge in [-0.15, -0.1) is 0 Å². The molecule has 1 amide bonds. The lowest BCUT2D eigenvalue weighted by atomic mass is 9.92. The summed E-state index contributed by atoms with van der Waals surface area (Å²) in [4.78, 5) is 15.7. The number of hydrogen-bond acceptors (Lipinski definition) is 3. The maximum atomic E-state index is 11.8. The molecule has 94 valence electrons. The third-order valence-corrected chi connectivity index (χ3v) is 3.27. The summed E-state index contributed by atoms with van der Waals surface area (Å²) in [5.41, 5.74) is -0.383. The van der Waals surface area contributed by atoms with Gasteiger partial charge in [-0.05, 0) is 40.9 Å². The van der Waals surface area contributed by atoms with Crippen molar-refractivity contribution in [1.29, 1.82) is 0 Å². The van der Waals surface area contributed by atoms with Crippen molar-refractivity contribution in [2.24, 2.45) is 5.92 Å². The van der Waals surface area contributed by atoms with E-state index in [1.54, 1.807) is 25.3 Å². The molecular weight excluding hydrogens is 284 g/mol. The molecule has 1 rings (SSSR count). The van der Waals surface area contributed by atoms with Gasteiger partial charge in [0, 0.05) is 18.3 Å². The smallest absolute Gasteiger partial charge is 0.251 e. The van der Waals surface area contributed by atoms with E-state index in [9.17, 15) is 9.90 Å². The van der Waals surface area contributed by atoms with Gasteiger partial charge in [0.05, 0.1) is 5.60 Å². The second-order valence-corrected chi connectivity index (χ2v) is 5.37. The Morgan fingerprint density at radius 1 is 1.65 bits per heavy atom. The highest BCUT2D eigenvalue weighted by Gasteiger charge is 2.25. The van der Waals surface area contributed by atoms with Gasteiger partial charge in [0.15, 0.2) is 0 Å². The van der Waals surface area contributed by atoms with Crippen LogP contribution in [0.5, 0.6) is 0 Å². The van der Waals surface area contributed by atoms with Gasteiger partial charge in [0.2, 0.25) is 0 Å². The minimum Gasteiger partial charge on any atom is -0.388 e. The molecule has 0 saturated heterocycles. The van der Waals surface area contributed by atoms with E-state index in [2.05, 4.69) is 26.2 Å². The van der Waals surface area contributed by atoms with Gasteiger partial charge in [0.25, 0.3) is 5.91 Å². The van der Waals surface area contributed by atoms with Crippen LogP contribution < -0.4 is 5.32 Å². The molecule has 4 nitrogen and oxygen atoms in total. The van der Waals surface area contributed by atoms with Crippen molar-refractivity contribution in [3.8, 4) is 0 Å². The molecule has 0 spiro atoms. The van der Waals surface area contributed by atoms with Crippen molar-refractivity contribution in [3.63, 3.8) is 0 Å². The van der Waals surface area contributed by atoms with Gasteiger partial charge in [-0.2, -0.15) is 0 Å². The summed E-state index contributed by atoms with van der Waals surface area (Å²) in [6.07, 6.45) is 1.56. The Morgan fingerprint density at radius 2 is 2.29 bits per heavy atom. The number of aromatic nitrogens is 1. The van der Waals surface area contributed by atoms with Crippen LogP contribution in [0.15, 0.2) is 22.9 Å². The largest absolute Gasteiger partial charge is 0.388 e. The zero-order chi connectivity index (χ0) is 13.1. The average Bonchev–Trinajstić information content (AvgIpc) is 2.25. The first-order valence-corrected chi connectivity index (χ1v) is 6.24. The monoisotopic (exact) mass is 300 g/mol. The molecule has 0 aliphatic carbocycles. The summed E-state index contributed by atoms with van der Waals surface area (Å²) >= 11 is 3.20. The van der Waals surface area contributed by atoms with Crippen LogP contribution in [0.4, 0.5) is 0 Å². The molecule has 0 aliphatic rings. The number of nitrogens with zero attached hydrogens (tertiary/aromatic N) is 1. The maximum Gasteiger partial charge on any atom is 0.251 e. The van der Waals surface area contributed by atoms with Crippen molar-refractivity contribution >= 4 is 21.8 Å². The predicted molar refractivity (Wildman–Crippen MR) is 69.7 cm³/mol. The van der Waals surface area contributed by atoms with Crippen molar-refractivity contribution in [3.05, 3.63) is 28.5 Å². The minimum absolute atomic E-state index is 0.0759. The normalized spacial score (nSPS) is 14.5. The molecule has 1 aromatic rings. The Labute approximate surface area is 110 Å². The standard InChI is InChI=1S/C12H17BrN2O2/c1-8(2)12(3,17)7-15-11(16)9-4-5-14-10(13)6-9/h4-6,8,17H,7H2,1-3H3,(H,15,16). The van der Waals surface area contributed by atoms with E-state index in [-0.39, 0.29) is 18.4 Å². The van der Waals surface area contributed by atoms with Crippen molar-refractivity contribution in [1.82, 2.24) is 10.3 Å². The number of halogens is 1. The zero-order valence-electron chi connectivity index (χ0n) is 10.2. The van der Waals surface area contributed by atoms with Crippen LogP contribution in [0.1, 0.15) is 31.1 Å². The first-order valence-electron chi connectivity index (χ1n) is 5.45. The van der Waals surface area contributed by atoms with Crippen LogP contribution in [0, 0.1) is 5.92 Å². The highest BCUT2D eigenvalue weighted by atomic mass is 79.9. The average molecular weight is 301 g/mol. The molecule has 1 atom stereocenters. The van der Waals surface area contributed by atoms with Crippen molar-refractivity contribution in [2.45, 2.75) is 26.4 Å². The second-order valence-electron chi connectivity index (χ2n) is 4.56. The molecule has 1 heterocycles. The van der Waals surface area contributed by atoms with E-state index in [0.717, 1.165) is 0 Å². The summed E-state index contributed by atoms with van der Waals surface area (Å²) in [5.74, 6) is -0.138. The van der Waals surface area contributed by atoms with E-state index in [1.165, 1.54) is 0 Å². The lowest BCUT2D eigenvalue weighted by molar-refractivity contribution is 0.0142. The van der Waals surface area contributed by atoms with Crippen LogP contribution in [0.2, 0.25) is 0 Å². The van der Waals surface area contributed by atoms with Gasteiger partial charge in [-0.3, -0.25) is 4.79 Å². The van der Waals surface area contributed by atoms with Crippen LogP contribution in [0.25, 0.3) is 0 Å². The number of rotatable bonds is 4. The van der Waals surface area contributed by atoms with Gasteiger partial charge < -0.3 is 10.4 Å². The topological polar surface area (TPSA) is 62.2 Å². The molecule has 0 saturated carbocycles. The fourth-order valence-electron chi connectivity index (χ4n) is 1.11. The molecule has 5 heteroatoms. The summed E-state index contributed by atoms with van der Waals surface area (Å²) < 4.78 is 0.612. The molecule has 0 aliphatic heterocycles. The minimum atomic E-state index is -0.903. The number of pyridine rings is 1. The number of nitrogens with one attached hydrogen (secondary N) is 1. The van der Waals surface area contributed by atoms with Crippen molar-refractivity contribution in [2.75, 3.05) is 6.54 Å². The van der Waals surface area contributed by atoms with Crippen LogP contribution >= 0.6 is 15.9 Å². The van der Waals surface area contributed by atoms with Crippen LogP contribution in [-0.2, 0) is 0 Å². The Balaban J connectivity index is 2.62. The quantitative estimate of drug-likeness (QED) is 0.836. The van der Waals surface area contributed by atoms with E-state index >= 15 is 0 Å². The Kier molecular flexibility index (Phi) is 4.65. The molecule has 0 fully saturated rings. The first-order chi connectivity index (χ1) is 7.83. The highest BCUT2D eigenvalue weighted by molar-refractivity contribution is 9.10. The Bertz CT molecular complexity index is 405. The molecule has 1 unspecified atom stereocenters. The first kappa shape index (κ1) is 14.1. The molecule has 0 aromatic carbocycles. The number of amides is 1. The maximum absolute atomic E-state index is 11.8. The number of carbonyl (C=O) groups is 1. The fraction of sp³-hybridized carbons (Fsp3) is 0.500. The zero-order valence-corrected chi connectivity index (χ0v) is 11.8. The summed E-state index contributed by atoms with van der Waals surface area (Å²) in [6.45, 7) is 5.76. The van der Waals surface area contributed by atoms with Crippen molar-refractivity contribution < 1.29 is 9.90 Å². The Hall–Kier alpha value is -0.940. The number of aliphatic hydroxyl groups is 1. The summed E-state index contributed by atoms with van der Waals surface area (Å²) in [7, 11) is 0. The Morgan fingerprint density at radius 3 is 2.82 bits per heavy atom. The van der Waals surface area contributed by atoms with E-state index in [1.807, 2.05) is 13.8 Å². The molecule has 2 N–H and O–H groups in total. The molecule has 1 aromatic heterocycles. The molecule has 0 radical (unpaired) electrons. The molecule has 0 bridgehead atoms. The lowest BCUT2D eigenvalue weighted by Crippen LogP contribution is -2.44. The summed E-state index contributed by atoms with van der Waals surface area (Å²) in [6, 6.07) is 3.27. The number of carbonyl (C=O) groups excluding carboxylic acids is 1. The number of hydrogen-bond donors (Lipinski definition) is 2. The highest BCUT2D eigenvalue weighted by Crippen LogP contribution is 2.15. The lowest BCUT2D eigenvalue weighted by Gasteiger charge is -2.27. The van der Waals surface area contributed by atoms with Gasteiger partial charge in [-0.25, -0.2) is 4.98 Å². The van der Waals surface area contributed by atoms with Gasteiger partial charge in [0.1, 0.15) is 4.60 Å². The van der Waals surface area contributed by atoms with Gasteiger partial charge in [-0.1, -0.05) is 13.8 Å². The third kappa shape index (κ3) is 4.09. The molecular formula is C12H17BrN2O2. The van der Waals surface area contributed by atoms with Crippen LogP contribution in [-0.4, -0.2) is 28.1 Å².